The van der Waals surface area contributed by atoms with Gasteiger partial charge in [-0.05, 0) is 41.5 Å². The number of carbonyl (C=O) groups is 4. The van der Waals surface area contributed by atoms with Crippen molar-refractivity contribution in [1.82, 2.24) is 16.0 Å². The van der Waals surface area contributed by atoms with Crippen LogP contribution in [0.5, 0.6) is 5.75 Å². The molecule has 2 aromatic rings. The fraction of sp³-hybridized carbons (Fsp3) is 0.429. The van der Waals surface area contributed by atoms with E-state index < -0.39 is 47.9 Å². The van der Waals surface area contributed by atoms with Crippen molar-refractivity contribution in [2.75, 3.05) is 0 Å². The van der Waals surface area contributed by atoms with E-state index >= 15 is 0 Å². The molecule has 2 rings (SSSR count). The Balaban J connectivity index is 2.07. The summed E-state index contributed by atoms with van der Waals surface area (Å²) in [6.07, 6.45) is 0.290. The summed E-state index contributed by atoms with van der Waals surface area (Å²) in [6, 6.07) is 11.2. The van der Waals surface area contributed by atoms with Crippen LogP contribution in [0.2, 0.25) is 0 Å². The number of phenols is 1. The molecule has 0 aromatic heterocycles. The summed E-state index contributed by atoms with van der Waals surface area (Å²) in [5.74, 6) is -3.59. The van der Waals surface area contributed by atoms with E-state index in [2.05, 4.69) is 16.0 Å². The molecule has 2 aromatic carbocycles. The molecule has 3 amide bonds. The molecule has 0 aliphatic heterocycles. The molecular weight excluding hydrogens is 488 g/mol. The summed E-state index contributed by atoms with van der Waals surface area (Å²) in [5.41, 5.74) is 7.57. The topological polar surface area (TPSA) is 171 Å². The van der Waals surface area contributed by atoms with Crippen molar-refractivity contribution < 1.29 is 29.4 Å². The summed E-state index contributed by atoms with van der Waals surface area (Å²) < 4.78 is 0. The Hall–Kier alpha value is -3.92. The molecule has 7 N–H and O–H groups in total. The first-order valence-electron chi connectivity index (χ1n) is 12.6. The molecule has 10 nitrogen and oxygen atoms in total. The lowest BCUT2D eigenvalue weighted by atomic mass is 9.98. The zero-order valence-corrected chi connectivity index (χ0v) is 22.2. The maximum absolute atomic E-state index is 13.2. The van der Waals surface area contributed by atoms with Crippen molar-refractivity contribution in [3.05, 3.63) is 65.7 Å². The zero-order valence-electron chi connectivity index (χ0n) is 22.2. The van der Waals surface area contributed by atoms with Gasteiger partial charge in [-0.15, -0.1) is 0 Å². The Morgan fingerprint density at radius 1 is 0.711 bits per heavy atom. The standard InChI is InChI=1S/C28H38N4O6/c1-16(2)23(26(35)30-22(28(37)38)15-19-10-12-20(33)13-11-19)32-27(36)24(17(3)4)31-25(34)21(29)14-18-8-6-5-7-9-18/h5-13,16-17,21-24,33H,14-15,29H2,1-4H3,(H,30,35)(H,31,34)(H,32,36)(H,37,38). The molecule has 0 spiro atoms. The molecule has 0 radical (unpaired) electrons. The number of aromatic hydroxyl groups is 1. The second kappa shape index (κ2) is 14.1. The summed E-state index contributed by atoms with van der Waals surface area (Å²) in [7, 11) is 0. The van der Waals surface area contributed by atoms with Gasteiger partial charge in [0.1, 0.15) is 23.9 Å². The monoisotopic (exact) mass is 526 g/mol. The van der Waals surface area contributed by atoms with Gasteiger partial charge in [-0.25, -0.2) is 4.79 Å². The van der Waals surface area contributed by atoms with Crippen LogP contribution in [0.4, 0.5) is 0 Å². The van der Waals surface area contributed by atoms with Crippen LogP contribution >= 0.6 is 0 Å². The van der Waals surface area contributed by atoms with Crippen LogP contribution < -0.4 is 21.7 Å². The van der Waals surface area contributed by atoms with E-state index in [9.17, 15) is 29.4 Å². The summed E-state index contributed by atoms with van der Waals surface area (Å²) in [5, 5.41) is 27.0. The number of rotatable bonds is 13. The van der Waals surface area contributed by atoms with Crippen LogP contribution in [0.15, 0.2) is 54.6 Å². The van der Waals surface area contributed by atoms with Gasteiger partial charge < -0.3 is 31.9 Å². The third-order valence-electron chi connectivity index (χ3n) is 6.12. The minimum atomic E-state index is -1.25. The van der Waals surface area contributed by atoms with Gasteiger partial charge in [0, 0.05) is 6.42 Å². The van der Waals surface area contributed by atoms with Gasteiger partial charge >= 0.3 is 5.97 Å². The van der Waals surface area contributed by atoms with Gasteiger partial charge in [0.05, 0.1) is 6.04 Å². The van der Waals surface area contributed by atoms with Crippen molar-refractivity contribution in [3.63, 3.8) is 0 Å². The van der Waals surface area contributed by atoms with Crippen LogP contribution in [-0.2, 0) is 32.0 Å². The Labute approximate surface area is 223 Å². The maximum atomic E-state index is 13.2. The Morgan fingerprint density at radius 3 is 1.68 bits per heavy atom. The number of hydrogen-bond donors (Lipinski definition) is 6. The predicted molar refractivity (Wildman–Crippen MR) is 143 cm³/mol. The first kappa shape index (κ1) is 30.3. The number of benzene rings is 2. The first-order valence-corrected chi connectivity index (χ1v) is 12.6. The summed E-state index contributed by atoms with van der Waals surface area (Å²) in [4.78, 5) is 50.8. The van der Waals surface area contributed by atoms with Crippen molar-refractivity contribution in [1.29, 1.82) is 0 Å². The highest BCUT2D eigenvalue weighted by Gasteiger charge is 2.33. The highest BCUT2D eigenvalue weighted by Crippen LogP contribution is 2.13. The Bertz CT molecular complexity index is 1090. The normalized spacial score (nSPS) is 14.3. The molecule has 38 heavy (non-hydrogen) atoms. The molecule has 0 fully saturated rings. The molecule has 4 unspecified atom stereocenters. The van der Waals surface area contributed by atoms with Crippen LogP contribution in [0.25, 0.3) is 0 Å². The second-order valence-corrected chi connectivity index (χ2v) is 10.0. The zero-order chi connectivity index (χ0) is 28.4. The second-order valence-electron chi connectivity index (χ2n) is 10.0. The fourth-order valence-electron chi connectivity index (χ4n) is 3.86. The van der Waals surface area contributed by atoms with Crippen LogP contribution in [0.3, 0.4) is 0 Å². The molecule has 0 aliphatic carbocycles. The number of amides is 3. The number of nitrogens with two attached hydrogens (primary N) is 1. The molecule has 0 bridgehead atoms. The summed E-state index contributed by atoms with van der Waals surface area (Å²) >= 11 is 0. The molecular formula is C28H38N4O6. The quantitative estimate of drug-likeness (QED) is 0.229. The van der Waals surface area contributed by atoms with E-state index in [1.165, 1.54) is 12.1 Å². The number of carboxylic acids is 1. The van der Waals surface area contributed by atoms with E-state index in [0.717, 1.165) is 5.56 Å². The lowest BCUT2D eigenvalue weighted by Gasteiger charge is -2.28. The van der Waals surface area contributed by atoms with Crippen molar-refractivity contribution in [2.24, 2.45) is 17.6 Å². The number of carboxylic acid groups (broad SMARTS) is 1. The maximum Gasteiger partial charge on any atom is 0.326 e. The first-order chi connectivity index (χ1) is 17.9. The average molecular weight is 527 g/mol. The van der Waals surface area contributed by atoms with Crippen LogP contribution in [0, 0.1) is 11.8 Å². The Kier molecular flexibility index (Phi) is 11.3. The van der Waals surface area contributed by atoms with Crippen molar-refractivity contribution >= 4 is 23.7 Å². The number of aliphatic carboxylic acids is 1. The third-order valence-corrected chi connectivity index (χ3v) is 6.12. The number of phenolic OH excluding ortho intramolecular Hbond substituents is 1. The van der Waals surface area contributed by atoms with E-state index in [1.54, 1.807) is 39.8 Å². The molecule has 0 heterocycles. The highest BCUT2D eigenvalue weighted by molar-refractivity contribution is 5.94. The van der Waals surface area contributed by atoms with Gasteiger partial charge in [-0.3, -0.25) is 14.4 Å². The van der Waals surface area contributed by atoms with E-state index in [-0.39, 0.29) is 24.0 Å². The lowest BCUT2D eigenvalue weighted by Crippen LogP contribution is -2.59. The minimum absolute atomic E-state index is 0.00983. The fourth-order valence-corrected chi connectivity index (χ4v) is 3.86. The predicted octanol–water partition coefficient (Wildman–Crippen LogP) is 1.36. The lowest BCUT2D eigenvalue weighted by molar-refractivity contribution is -0.142. The third kappa shape index (κ3) is 9.19. The van der Waals surface area contributed by atoms with Crippen molar-refractivity contribution in [2.45, 2.75) is 64.7 Å². The van der Waals surface area contributed by atoms with Crippen LogP contribution in [0.1, 0.15) is 38.8 Å². The molecule has 0 saturated carbocycles. The SMILES string of the molecule is CC(C)C(NC(=O)C(N)Cc1ccccc1)C(=O)NC(C(=O)NC(Cc1ccc(O)cc1)C(=O)O)C(C)C. The van der Waals surface area contributed by atoms with Gasteiger partial charge in [0.15, 0.2) is 0 Å². The van der Waals surface area contributed by atoms with Gasteiger partial charge in [0.25, 0.3) is 0 Å². The number of carbonyl (C=O) groups excluding carboxylic acids is 3. The number of nitrogens with one attached hydrogen (secondary N) is 3. The average Bonchev–Trinajstić information content (AvgIpc) is 2.86. The van der Waals surface area contributed by atoms with Crippen LogP contribution in [-0.4, -0.2) is 58.1 Å². The van der Waals surface area contributed by atoms with Gasteiger partial charge in [-0.2, -0.15) is 0 Å². The van der Waals surface area contributed by atoms with Crippen molar-refractivity contribution in [3.8, 4) is 5.75 Å². The highest BCUT2D eigenvalue weighted by atomic mass is 16.4. The molecule has 206 valence electrons. The van der Waals surface area contributed by atoms with E-state index in [0.29, 0.717) is 12.0 Å². The number of hydrogen-bond acceptors (Lipinski definition) is 6. The minimum Gasteiger partial charge on any atom is -0.508 e. The molecule has 0 aliphatic rings. The molecule has 4 atom stereocenters. The van der Waals surface area contributed by atoms with E-state index in [1.807, 2.05) is 30.3 Å². The molecule has 0 saturated heterocycles. The van der Waals surface area contributed by atoms with E-state index in [4.69, 9.17) is 5.73 Å². The van der Waals surface area contributed by atoms with Gasteiger partial charge in [-0.1, -0.05) is 70.2 Å². The Morgan fingerprint density at radius 2 is 1.18 bits per heavy atom. The smallest absolute Gasteiger partial charge is 0.326 e. The molecule has 10 heteroatoms. The van der Waals surface area contributed by atoms with Gasteiger partial charge in [0.2, 0.25) is 17.7 Å². The summed E-state index contributed by atoms with van der Waals surface area (Å²) in [6.45, 7) is 6.96. The largest absolute Gasteiger partial charge is 0.508 e.